The molecule has 41 heavy (non-hydrogen) atoms. The Bertz CT molecular complexity index is 1590. The smallest absolute Gasteiger partial charge is 0.294 e. The molecule has 0 bridgehead atoms. The molecular formula is C26H34N6O8S. The molecule has 3 heterocycles. The maximum Gasteiger partial charge on any atom is 0.294 e. The van der Waals surface area contributed by atoms with Gasteiger partial charge in [-0.05, 0) is 50.5 Å². The van der Waals surface area contributed by atoms with Gasteiger partial charge < -0.3 is 19.5 Å². The first kappa shape index (κ1) is 30.1. The van der Waals surface area contributed by atoms with Gasteiger partial charge in [-0.1, -0.05) is 13.3 Å². The summed E-state index contributed by atoms with van der Waals surface area (Å²) in [6.07, 6.45) is 2.45. The molecule has 1 N–H and O–H groups in total. The van der Waals surface area contributed by atoms with Crippen LogP contribution in [0.3, 0.4) is 0 Å². The lowest BCUT2D eigenvalue weighted by Crippen LogP contribution is -2.48. The number of rotatable bonds is 13. The highest BCUT2D eigenvalue weighted by molar-refractivity contribution is 7.89. The summed E-state index contributed by atoms with van der Waals surface area (Å²) in [6.45, 7) is 7.75. The second-order valence-corrected chi connectivity index (χ2v) is 11.6. The first-order chi connectivity index (χ1) is 19.6. The number of carbonyl (C=O) groups excluding carboxylic acids is 1. The fourth-order valence-electron chi connectivity index (χ4n) is 5.08. The van der Waals surface area contributed by atoms with Crippen molar-refractivity contribution in [3.8, 4) is 17.1 Å². The highest BCUT2D eigenvalue weighted by Gasteiger charge is 2.30. The van der Waals surface area contributed by atoms with Gasteiger partial charge in [-0.3, -0.25) is 9.59 Å². The fourth-order valence-corrected chi connectivity index (χ4v) is 6.53. The molecule has 0 aliphatic carbocycles. The fraction of sp³-hybridized carbons (Fsp3) is 0.500. The third kappa shape index (κ3) is 6.26. The Morgan fingerprint density at radius 1 is 1.20 bits per heavy atom. The zero-order valence-corrected chi connectivity index (χ0v) is 24.1. The Morgan fingerprint density at radius 2 is 1.93 bits per heavy atom. The second kappa shape index (κ2) is 12.8. The van der Waals surface area contributed by atoms with Gasteiger partial charge in [0.1, 0.15) is 11.3 Å². The average molecular weight is 591 g/mol. The van der Waals surface area contributed by atoms with E-state index in [9.17, 15) is 28.1 Å². The third-order valence-corrected chi connectivity index (χ3v) is 8.97. The van der Waals surface area contributed by atoms with Gasteiger partial charge in [-0.2, -0.15) is 4.31 Å². The van der Waals surface area contributed by atoms with E-state index < -0.39 is 20.7 Å². The summed E-state index contributed by atoms with van der Waals surface area (Å²) in [4.78, 5) is 44.5. The minimum Gasteiger partial charge on any atom is -0.493 e. The molecular weight excluding hydrogens is 556 g/mol. The number of fused-ring (bicyclic) bond motifs is 1. The van der Waals surface area contributed by atoms with Crippen LogP contribution in [0.15, 0.2) is 27.9 Å². The first-order valence-corrected chi connectivity index (χ1v) is 14.9. The van der Waals surface area contributed by atoms with Crippen LogP contribution in [0.4, 0.5) is 0 Å². The van der Waals surface area contributed by atoms with Crippen LogP contribution < -0.4 is 10.3 Å². The monoisotopic (exact) mass is 590 g/mol. The van der Waals surface area contributed by atoms with Crippen molar-refractivity contribution in [1.29, 1.82) is 0 Å². The van der Waals surface area contributed by atoms with E-state index in [1.165, 1.54) is 21.0 Å². The molecule has 0 unspecified atom stereocenters. The Morgan fingerprint density at radius 3 is 2.56 bits per heavy atom. The molecule has 0 radical (unpaired) electrons. The highest BCUT2D eigenvalue weighted by atomic mass is 32.2. The summed E-state index contributed by atoms with van der Waals surface area (Å²) in [6, 6.07) is 4.46. The largest absolute Gasteiger partial charge is 0.493 e. The molecule has 1 aliphatic rings. The van der Waals surface area contributed by atoms with Crippen molar-refractivity contribution in [1.82, 2.24) is 23.8 Å². The molecule has 14 nitrogen and oxygen atoms in total. The number of hydrogen-bond acceptors (Lipinski definition) is 10. The molecule has 0 atom stereocenters. The van der Waals surface area contributed by atoms with E-state index >= 15 is 0 Å². The van der Waals surface area contributed by atoms with Crippen LogP contribution in [0.2, 0.25) is 0 Å². The van der Waals surface area contributed by atoms with E-state index in [4.69, 9.17) is 4.74 Å². The van der Waals surface area contributed by atoms with Crippen LogP contribution in [-0.2, 0) is 21.3 Å². The second-order valence-electron chi connectivity index (χ2n) is 9.66. The molecule has 1 saturated heterocycles. The molecule has 1 aliphatic heterocycles. The van der Waals surface area contributed by atoms with Gasteiger partial charge in [0.25, 0.3) is 10.6 Å². The zero-order valence-electron chi connectivity index (χ0n) is 23.3. The van der Waals surface area contributed by atoms with Gasteiger partial charge in [0, 0.05) is 38.3 Å². The summed E-state index contributed by atoms with van der Waals surface area (Å²) in [7, 11) is -3.90. The number of carbonyl (C=O) groups is 1. The van der Waals surface area contributed by atoms with E-state index in [0.29, 0.717) is 67.2 Å². The summed E-state index contributed by atoms with van der Waals surface area (Å²) >= 11 is 0. The maximum atomic E-state index is 13.6. The molecule has 222 valence electrons. The van der Waals surface area contributed by atoms with Crippen molar-refractivity contribution in [2.24, 2.45) is 0 Å². The highest BCUT2D eigenvalue weighted by Crippen LogP contribution is 2.32. The normalized spacial score (nSPS) is 14.8. The van der Waals surface area contributed by atoms with E-state index in [0.717, 1.165) is 12.7 Å². The van der Waals surface area contributed by atoms with Gasteiger partial charge in [0.15, 0.2) is 12.1 Å². The number of aryl methyl sites for hydroxylation is 2. The van der Waals surface area contributed by atoms with Crippen LogP contribution in [0.25, 0.3) is 16.9 Å². The average Bonchev–Trinajstić information content (AvgIpc) is 3.22. The lowest BCUT2D eigenvalue weighted by atomic mass is 10.1. The molecule has 1 aromatic carbocycles. The van der Waals surface area contributed by atoms with Crippen molar-refractivity contribution in [3.63, 3.8) is 0 Å². The van der Waals surface area contributed by atoms with Crippen LogP contribution in [-0.4, -0.2) is 89.5 Å². The SMILES string of the molecule is CCCc1c(C=O)c(C)c2c(=O)[nH]c(-c3cc(S(=O)(=O)N4CCN(CCCO[N+](=O)[O-])CC4)ccc3OCC)nn12. The predicted molar refractivity (Wildman–Crippen MR) is 149 cm³/mol. The Kier molecular flexibility index (Phi) is 9.40. The summed E-state index contributed by atoms with van der Waals surface area (Å²) in [5.74, 6) is 0.474. The molecule has 0 saturated carbocycles. The first-order valence-electron chi connectivity index (χ1n) is 13.5. The number of hydrogen-bond donors (Lipinski definition) is 1. The minimum atomic E-state index is -3.90. The third-order valence-electron chi connectivity index (χ3n) is 7.08. The topological polar surface area (TPSA) is 169 Å². The number of aromatic nitrogens is 3. The number of ether oxygens (including phenoxy) is 1. The van der Waals surface area contributed by atoms with Gasteiger partial charge in [0.05, 0.1) is 29.4 Å². The van der Waals surface area contributed by atoms with Crippen LogP contribution in [0, 0.1) is 17.0 Å². The van der Waals surface area contributed by atoms with E-state index in [-0.39, 0.29) is 35.9 Å². The van der Waals surface area contributed by atoms with Gasteiger partial charge in [-0.15, -0.1) is 15.2 Å². The lowest BCUT2D eigenvalue weighted by molar-refractivity contribution is -0.757. The van der Waals surface area contributed by atoms with Crippen molar-refractivity contribution < 1.29 is 27.9 Å². The zero-order chi connectivity index (χ0) is 29.7. The van der Waals surface area contributed by atoms with Crippen molar-refractivity contribution in [2.45, 2.75) is 44.9 Å². The van der Waals surface area contributed by atoms with Crippen LogP contribution >= 0.6 is 0 Å². The Hall–Kier alpha value is -3.82. The molecule has 0 amide bonds. The number of nitrogens with zero attached hydrogens (tertiary/aromatic N) is 5. The molecule has 3 aromatic rings. The summed E-state index contributed by atoms with van der Waals surface area (Å²) < 4.78 is 35.9. The molecule has 4 rings (SSSR count). The summed E-state index contributed by atoms with van der Waals surface area (Å²) in [5.41, 5.74) is 1.70. The Labute approximate surface area is 237 Å². The molecule has 2 aromatic heterocycles. The van der Waals surface area contributed by atoms with Gasteiger partial charge >= 0.3 is 0 Å². The van der Waals surface area contributed by atoms with Gasteiger partial charge in [-0.25, -0.2) is 12.9 Å². The number of H-pyrrole nitrogens is 1. The van der Waals surface area contributed by atoms with Crippen molar-refractivity contribution >= 4 is 21.8 Å². The van der Waals surface area contributed by atoms with Crippen molar-refractivity contribution in [2.75, 3.05) is 45.9 Å². The lowest BCUT2D eigenvalue weighted by Gasteiger charge is -2.34. The van der Waals surface area contributed by atoms with E-state index in [1.54, 1.807) is 19.9 Å². The Balaban J connectivity index is 1.66. The van der Waals surface area contributed by atoms with E-state index in [1.807, 2.05) is 11.8 Å². The molecule has 0 spiro atoms. The number of nitrogens with one attached hydrogen (secondary N) is 1. The number of sulfonamides is 1. The standard InChI is InChI=1S/C26H34N6O8S/c1-4-7-22-21(17-33)18(3)24-26(34)27-25(28-31(22)24)20-16-19(8-9-23(20)39-5-2)41(37,38)30-13-11-29(12-14-30)10-6-15-40-32(35)36/h8-9,16-17H,4-7,10-15H2,1-3H3,(H,27,28,34). The van der Waals surface area contributed by atoms with Gasteiger partial charge in [0.2, 0.25) is 10.0 Å². The summed E-state index contributed by atoms with van der Waals surface area (Å²) in [5, 5.41) is 14.1. The number of aromatic amines is 1. The van der Waals surface area contributed by atoms with Crippen molar-refractivity contribution in [3.05, 3.63) is 55.5 Å². The molecule has 1 fully saturated rings. The molecule has 15 heteroatoms. The quantitative estimate of drug-likeness (QED) is 0.135. The van der Waals surface area contributed by atoms with Crippen LogP contribution in [0.1, 0.15) is 48.3 Å². The van der Waals surface area contributed by atoms with Crippen LogP contribution in [0.5, 0.6) is 5.75 Å². The number of piperazine rings is 1. The number of benzene rings is 1. The van der Waals surface area contributed by atoms with E-state index in [2.05, 4.69) is 14.9 Å². The predicted octanol–water partition coefficient (Wildman–Crippen LogP) is 2.07. The minimum absolute atomic E-state index is 0.0125. The maximum absolute atomic E-state index is 13.6. The number of aldehydes is 1.